The number of hydrogen-bond donors (Lipinski definition) is 0. The van der Waals surface area contributed by atoms with Crippen LogP contribution in [-0.4, -0.2) is 26.7 Å². The first kappa shape index (κ1) is 15.7. The van der Waals surface area contributed by atoms with E-state index in [1.165, 1.54) is 12.1 Å². The maximum Gasteiger partial charge on any atom is 0.315 e. The minimum Gasteiger partial charge on any atom is -0.465 e. The minimum absolute atomic E-state index is 0.0631. The predicted octanol–water partition coefficient (Wildman–Crippen LogP) is 2.32. The van der Waals surface area contributed by atoms with Crippen molar-refractivity contribution in [3.05, 3.63) is 29.8 Å². The summed E-state index contributed by atoms with van der Waals surface area (Å²) < 4.78 is 28.4. The molecule has 0 spiro atoms. The van der Waals surface area contributed by atoms with Crippen LogP contribution in [0.5, 0.6) is 0 Å². The van der Waals surface area contributed by atoms with Gasteiger partial charge >= 0.3 is 5.97 Å². The van der Waals surface area contributed by atoms with E-state index in [0.29, 0.717) is 6.61 Å². The molecular weight excluding hydrogens is 264 g/mol. The molecule has 0 aliphatic heterocycles. The Morgan fingerprint density at radius 1 is 1.16 bits per heavy atom. The van der Waals surface area contributed by atoms with Crippen LogP contribution in [0.15, 0.2) is 29.2 Å². The van der Waals surface area contributed by atoms with Gasteiger partial charge in [0.15, 0.2) is 9.84 Å². The van der Waals surface area contributed by atoms with Gasteiger partial charge in [-0.1, -0.05) is 19.1 Å². The first-order valence-corrected chi connectivity index (χ1v) is 7.91. The van der Waals surface area contributed by atoms with E-state index in [2.05, 4.69) is 0 Å². The van der Waals surface area contributed by atoms with Crippen LogP contribution < -0.4 is 0 Å². The van der Waals surface area contributed by atoms with Gasteiger partial charge in [0, 0.05) is 0 Å². The topological polar surface area (TPSA) is 60.4 Å². The number of benzene rings is 1. The Bertz CT molecular complexity index is 541. The minimum atomic E-state index is -3.21. The molecule has 19 heavy (non-hydrogen) atoms. The average molecular weight is 284 g/mol. The molecule has 1 aromatic carbocycles. The van der Waals surface area contributed by atoms with E-state index in [4.69, 9.17) is 4.74 Å². The number of carbonyl (C=O) groups is 1. The lowest BCUT2D eigenvalue weighted by Gasteiger charge is -2.22. The van der Waals surface area contributed by atoms with Crippen LogP contribution in [0.3, 0.4) is 0 Å². The van der Waals surface area contributed by atoms with E-state index in [9.17, 15) is 13.2 Å². The van der Waals surface area contributed by atoms with Gasteiger partial charge in [-0.15, -0.1) is 0 Å². The molecule has 0 unspecified atom stereocenters. The molecule has 0 heterocycles. The number of hydrogen-bond acceptors (Lipinski definition) is 4. The summed E-state index contributed by atoms with van der Waals surface area (Å²) in [6.07, 6.45) is 0. The van der Waals surface area contributed by atoms with Crippen LogP contribution in [0.1, 0.15) is 33.3 Å². The number of sulfone groups is 1. The van der Waals surface area contributed by atoms with E-state index < -0.39 is 15.3 Å². The van der Waals surface area contributed by atoms with Gasteiger partial charge in [-0.05, 0) is 38.5 Å². The molecule has 5 heteroatoms. The number of rotatable bonds is 5. The molecule has 0 saturated carbocycles. The summed E-state index contributed by atoms with van der Waals surface area (Å²) in [6.45, 7) is 7.20. The van der Waals surface area contributed by atoms with Crippen molar-refractivity contribution in [2.45, 2.75) is 38.0 Å². The summed E-state index contributed by atoms with van der Waals surface area (Å²) in [5.41, 5.74) is -0.0501. The van der Waals surface area contributed by atoms with Crippen molar-refractivity contribution in [2.75, 3.05) is 12.4 Å². The normalized spacial score (nSPS) is 12.2. The SMILES string of the molecule is CCOC(=O)C(C)(C)c1ccc(S(=O)(=O)CC)cc1. The van der Waals surface area contributed by atoms with Gasteiger partial charge in [-0.3, -0.25) is 4.79 Å². The fourth-order valence-corrected chi connectivity index (χ4v) is 2.56. The second-order valence-corrected chi connectivity index (χ2v) is 7.05. The zero-order chi connectivity index (χ0) is 14.7. The molecule has 1 aromatic rings. The number of esters is 1. The van der Waals surface area contributed by atoms with Crippen molar-refractivity contribution >= 4 is 15.8 Å². The third-order valence-electron chi connectivity index (χ3n) is 3.10. The standard InChI is InChI=1S/C14H20O4S/c1-5-18-13(15)14(3,4)11-7-9-12(10-8-11)19(16,17)6-2/h7-10H,5-6H2,1-4H3. The highest BCUT2D eigenvalue weighted by molar-refractivity contribution is 7.91. The molecule has 0 aliphatic carbocycles. The third-order valence-corrected chi connectivity index (χ3v) is 4.85. The Morgan fingerprint density at radius 3 is 2.11 bits per heavy atom. The zero-order valence-electron chi connectivity index (χ0n) is 11.8. The van der Waals surface area contributed by atoms with Crippen molar-refractivity contribution in [1.29, 1.82) is 0 Å². The fourth-order valence-electron chi connectivity index (χ4n) is 1.67. The van der Waals surface area contributed by atoms with E-state index >= 15 is 0 Å². The van der Waals surface area contributed by atoms with Crippen LogP contribution in [0.25, 0.3) is 0 Å². The lowest BCUT2D eigenvalue weighted by Crippen LogP contribution is -2.31. The van der Waals surface area contributed by atoms with Gasteiger partial charge in [-0.25, -0.2) is 8.42 Å². The first-order valence-electron chi connectivity index (χ1n) is 6.26. The van der Waals surface area contributed by atoms with Crippen LogP contribution in [0.4, 0.5) is 0 Å². The summed E-state index contributed by atoms with van der Waals surface area (Å²) in [4.78, 5) is 12.1. The Labute approximate surface area is 114 Å². The van der Waals surface area contributed by atoms with Crippen LogP contribution in [0.2, 0.25) is 0 Å². The Balaban J connectivity index is 3.09. The van der Waals surface area contributed by atoms with Gasteiger partial charge in [0.25, 0.3) is 0 Å². The summed E-state index contributed by atoms with van der Waals surface area (Å²) in [5.74, 6) is -0.255. The van der Waals surface area contributed by atoms with Crippen molar-refractivity contribution in [3.63, 3.8) is 0 Å². The van der Waals surface area contributed by atoms with Crippen molar-refractivity contribution < 1.29 is 17.9 Å². The van der Waals surface area contributed by atoms with Gasteiger partial charge in [-0.2, -0.15) is 0 Å². The lowest BCUT2D eigenvalue weighted by atomic mass is 9.85. The molecule has 0 atom stereocenters. The Hall–Kier alpha value is -1.36. The zero-order valence-corrected chi connectivity index (χ0v) is 12.6. The highest BCUT2D eigenvalue weighted by Crippen LogP contribution is 2.26. The third kappa shape index (κ3) is 3.35. The van der Waals surface area contributed by atoms with Gasteiger partial charge in [0.05, 0.1) is 22.7 Å². The molecule has 0 N–H and O–H groups in total. The first-order chi connectivity index (χ1) is 8.75. The second kappa shape index (κ2) is 5.74. The molecule has 0 saturated heterocycles. The molecule has 0 amide bonds. The number of carbonyl (C=O) groups excluding carboxylic acids is 1. The van der Waals surface area contributed by atoms with E-state index in [1.54, 1.807) is 39.8 Å². The maximum absolute atomic E-state index is 11.9. The summed E-state index contributed by atoms with van der Waals surface area (Å²) in [6, 6.07) is 6.41. The smallest absolute Gasteiger partial charge is 0.315 e. The van der Waals surface area contributed by atoms with E-state index in [1.807, 2.05) is 0 Å². The van der Waals surface area contributed by atoms with Gasteiger partial charge in [0.1, 0.15) is 0 Å². The quantitative estimate of drug-likeness (QED) is 0.779. The lowest BCUT2D eigenvalue weighted by molar-refractivity contribution is -0.148. The second-order valence-electron chi connectivity index (χ2n) is 4.77. The molecule has 4 nitrogen and oxygen atoms in total. The van der Waals surface area contributed by atoms with E-state index in [0.717, 1.165) is 5.56 Å². The summed E-state index contributed by atoms with van der Waals surface area (Å²) >= 11 is 0. The maximum atomic E-state index is 11.9. The van der Waals surface area contributed by atoms with Crippen molar-refractivity contribution in [1.82, 2.24) is 0 Å². The molecule has 106 valence electrons. The molecular formula is C14H20O4S. The Kier molecular flexibility index (Phi) is 4.74. The molecule has 0 bridgehead atoms. The monoisotopic (exact) mass is 284 g/mol. The Morgan fingerprint density at radius 2 is 1.68 bits per heavy atom. The largest absolute Gasteiger partial charge is 0.465 e. The van der Waals surface area contributed by atoms with Crippen molar-refractivity contribution in [2.24, 2.45) is 0 Å². The molecule has 0 radical (unpaired) electrons. The number of ether oxygens (including phenoxy) is 1. The van der Waals surface area contributed by atoms with Crippen LogP contribution in [-0.2, 0) is 24.8 Å². The van der Waals surface area contributed by atoms with Crippen molar-refractivity contribution in [3.8, 4) is 0 Å². The van der Waals surface area contributed by atoms with Gasteiger partial charge < -0.3 is 4.74 Å². The average Bonchev–Trinajstić information content (AvgIpc) is 2.39. The molecule has 0 fully saturated rings. The molecule has 0 aromatic heterocycles. The highest BCUT2D eigenvalue weighted by Gasteiger charge is 2.31. The van der Waals surface area contributed by atoms with Gasteiger partial charge in [0.2, 0.25) is 0 Å². The van der Waals surface area contributed by atoms with Crippen LogP contribution >= 0.6 is 0 Å². The van der Waals surface area contributed by atoms with E-state index in [-0.39, 0.29) is 16.6 Å². The van der Waals surface area contributed by atoms with Crippen LogP contribution in [0, 0.1) is 0 Å². The summed E-state index contributed by atoms with van der Waals surface area (Å²) in [5, 5.41) is 0. The summed E-state index contributed by atoms with van der Waals surface area (Å²) in [7, 11) is -3.21. The highest BCUT2D eigenvalue weighted by atomic mass is 32.2. The fraction of sp³-hybridized carbons (Fsp3) is 0.500. The molecule has 1 rings (SSSR count). The predicted molar refractivity (Wildman–Crippen MR) is 73.8 cm³/mol. The molecule has 0 aliphatic rings.